The smallest absolute Gasteiger partial charge is 0.225 e. The lowest BCUT2D eigenvalue weighted by Crippen LogP contribution is -3.14. The van der Waals surface area contributed by atoms with Crippen LogP contribution in [0.1, 0.15) is 54.4 Å². The summed E-state index contributed by atoms with van der Waals surface area (Å²) < 4.78 is 2.00. The first-order valence-corrected chi connectivity index (χ1v) is 14.3. The van der Waals surface area contributed by atoms with Crippen LogP contribution in [0.4, 0.5) is 11.4 Å². The second-order valence-corrected chi connectivity index (χ2v) is 11.3. The van der Waals surface area contributed by atoms with Crippen LogP contribution in [0.25, 0.3) is 10.9 Å². The van der Waals surface area contributed by atoms with Gasteiger partial charge in [-0.15, -0.1) is 10.2 Å². The van der Waals surface area contributed by atoms with Crippen molar-refractivity contribution in [2.45, 2.75) is 72.1 Å². The lowest BCUT2D eigenvalue weighted by molar-refractivity contribution is -0.961. The van der Waals surface area contributed by atoms with Gasteiger partial charge in [0.25, 0.3) is 0 Å². The van der Waals surface area contributed by atoms with E-state index in [-0.39, 0.29) is 11.0 Å². The Morgan fingerprint density at radius 3 is 2.44 bits per heavy atom. The molecule has 0 amide bonds. The van der Waals surface area contributed by atoms with Crippen molar-refractivity contribution in [1.82, 2.24) is 4.57 Å². The minimum absolute atomic E-state index is 0.131. The highest BCUT2D eigenvalue weighted by Gasteiger charge is 2.27. The number of thiocarbonyl (C=S) groups is 1. The van der Waals surface area contributed by atoms with E-state index >= 15 is 0 Å². The molecular formula is C32H38N5OS+. The van der Waals surface area contributed by atoms with Crippen molar-refractivity contribution in [1.29, 1.82) is 0 Å². The summed E-state index contributed by atoms with van der Waals surface area (Å²) >= 11 is 5.47. The number of nitrogens with one attached hydrogen (secondary N) is 2. The van der Waals surface area contributed by atoms with Crippen molar-refractivity contribution in [3.63, 3.8) is 0 Å². The topological polar surface area (TPSA) is 66.3 Å². The Kier molecular flexibility index (Phi) is 8.38. The summed E-state index contributed by atoms with van der Waals surface area (Å²) in [6.45, 7) is 7.79. The molecule has 0 bridgehead atoms. The summed E-state index contributed by atoms with van der Waals surface area (Å²) in [7, 11) is 0. The van der Waals surface area contributed by atoms with E-state index in [1.54, 1.807) is 0 Å². The molecule has 1 heterocycles. The van der Waals surface area contributed by atoms with Crippen LogP contribution in [0.2, 0.25) is 0 Å². The molecule has 0 radical (unpaired) electrons. The Morgan fingerprint density at radius 1 is 0.974 bits per heavy atom. The SMILES string of the molecule is Cc1ccc(C[NH+](Cn2c(O)c(N=NC(=S)Nc3ccc(C)cc3C)c3ccccc32)C2CCCCC2)cc1. The molecule has 202 valence electrons. The molecule has 1 saturated carbocycles. The van der Waals surface area contributed by atoms with Crippen LogP contribution in [0.15, 0.2) is 77.0 Å². The number of hydrogen-bond donors (Lipinski definition) is 3. The molecule has 1 unspecified atom stereocenters. The zero-order valence-corrected chi connectivity index (χ0v) is 23.9. The Labute approximate surface area is 236 Å². The maximum Gasteiger partial charge on any atom is 0.225 e. The van der Waals surface area contributed by atoms with E-state index < -0.39 is 0 Å². The minimum atomic E-state index is 0.131. The van der Waals surface area contributed by atoms with E-state index in [2.05, 4.69) is 59.7 Å². The monoisotopic (exact) mass is 540 g/mol. The van der Waals surface area contributed by atoms with Gasteiger partial charge in [0, 0.05) is 16.6 Å². The van der Waals surface area contributed by atoms with Gasteiger partial charge in [-0.2, -0.15) is 0 Å². The van der Waals surface area contributed by atoms with Crippen molar-refractivity contribution < 1.29 is 10.0 Å². The number of rotatable bonds is 7. The van der Waals surface area contributed by atoms with Crippen LogP contribution < -0.4 is 10.2 Å². The Hall–Kier alpha value is -3.55. The van der Waals surface area contributed by atoms with Gasteiger partial charge in [0.2, 0.25) is 11.0 Å². The third-order valence-corrected chi connectivity index (χ3v) is 8.06. The molecule has 0 saturated heterocycles. The molecule has 1 fully saturated rings. The standard InChI is InChI=1S/C32H37N5OS/c1-22-13-16-25(17-14-22)20-36(26-9-5-4-6-10-26)21-37-29-12-8-7-11-27(29)30(31(37)38)34-35-32(39)33-28-18-15-23(2)19-24(28)3/h7-8,11-19,26,38H,4-6,9-10,20-21H2,1-3H3,(H,33,39)/p+1. The Morgan fingerprint density at radius 2 is 1.69 bits per heavy atom. The molecule has 0 spiro atoms. The number of quaternary nitrogens is 1. The second kappa shape index (κ2) is 12.1. The average molecular weight is 541 g/mol. The molecule has 7 heteroatoms. The quantitative estimate of drug-likeness (QED) is 0.173. The van der Waals surface area contributed by atoms with Crippen molar-refractivity contribution in [2.24, 2.45) is 10.2 Å². The van der Waals surface area contributed by atoms with Crippen LogP contribution in [-0.2, 0) is 13.2 Å². The largest absolute Gasteiger partial charge is 0.493 e. The van der Waals surface area contributed by atoms with Gasteiger partial charge in [0.05, 0.1) is 11.6 Å². The van der Waals surface area contributed by atoms with Crippen molar-refractivity contribution in [3.05, 3.63) is 89.0 Å². The highest BCUT2D eigenvalue weighted by molar-refractivity contribution is 7.80. The first-order chi connectivity index (χ1) is 18.9. The predicted molar refractivity (Wildman–Crippen MR) is 163 cm³/mol. The molecule has 1 aliphatic carbocycles. The number of aromatic hydroxyl groups is 1. The van der Waals surface area contributed by atoms with Crippen molar-refractivity contribution in [3.8, 4) is 5.88 Å². The molecule has 3 aromatic carbocycles. The van der Waals surface area contributed by atoms with Gasteiger partial charge < -0.3 is 15.3 Å². The number of nitrogens with zero attached hydrogens (tertiary/aromatic N) is 3. The van der Waals surface area contributed by atoms with Crippen LogP contribution >= 0.6 is 12.2 Å². The molecule has 1 aromatic heterocycles. The molecule has 0 aliphatic heterocycles. The van der Waals surface area contributed by atoms with E-state index in [0.717, 1.165) is 28.7 Å². The zero-order chi connectivity index (χ0) is 27.4. The highest BCUT2D eigenvalue weighted by atomic mass is 32.1. The van der Waals surface area contributed by atoms with Crippen LogP contribution in [0, 0.1) is 20.8 Å². The highest BCUT2D eigenvalue weighted by Crippen LogP contribution is 2.38. The van der Waals surface area contributed by atoms with Gasteiger partial charge in [0.15, 0.2) is 12.4 Å². The molecule has 5 rings (SSSR count). The molecule has 3 N–H and O–H groups in total. The molecular weight excluding hydrogens is 502 g/mol. The molecule has 6 nitrogen and oxygen atoms in total. The predicted octanol–water partition coefficient (Wildman–Crippen LogP) is 7.13. The fourth-order valence-electron chi connectivity index (χ4n) is 5.73. The number of fused-ring (bicyclic) bond motifs is 1. The number of para-hydroxylation sites is 1. The average Bonchev–Trinajstić information content (AvgIpc) is 3.20. The lowest BCUT2D eigenvalue weighted by Gasteiger charge is -2.32. The van der Waals surface area contributed by atoms with Crippen molar-refractivity contribution in [2.75, 3.05) is 5.32 Å². The fraction of sp³-hybridized carbons (Fsp3) is 0.344. The van der Waals surface area contributed by atoms with E-state index in [4.69, 9.17) is 12.2 Å². The van der Waals surface area contributed by atoms with Gasteiger partial charge in [0.1, 0.15) is 6.54 Å². The number of aromatic nitrogens is 1. The molecule has 39 heavy (non-hydrogen) atoms. The van der Waals surface area contributed by atoms with Gasteiger partial charge in [-0.25, -0.2) is 0 Å². The summed E-state index contributed by atoms with van der Waals surface area (Å²) in [6, 6.07) is 23.5. The van der Waals surface area contributed by atoms with E-state index in [0.29, 0.717) is 18.4 Å². The number of aryl methyl sites for hydroxylation is 3. The summed E-state index contributed by atoms with van der Waals surface area (Å²) in [5, 5.41) is 24.5. The molecule has 1 atom stereocenters. The Balaban J connectivity index is 1.43. The number of benzene rings is 3. The fourth-order valence-corrected chi connectivity index (χ4v) is 5.88. The van der Waals surface area contributed by atoms with Gasteiger partial charge >= 0.3 is 0 Å². The van der Waals surface area contributed by atoms with Crippen LogP contribution in [0.3, 0.4) is 0 Å². The number of hydrogen-bond acceptors (Lipinski definition) is 3. The summed E-state index contributed by atoms with van der Waals surface area (Å²) in [5.74, 6) is 0.131. The molecule has 1 aliphatic rings. The summed E-state index contributed by atoms with van der Waals surface area (Å²) in [5.41, 5.74) is 7.18. The molecule has 4 aromatic rings. The summed E-state index contributed by atoms with van der Waals surface area (Å²) in [6.07, 6.45) is 6.28. The normalized spacial score (nSPS) is 15.2. The zero-order valence-electron chi connectivity index (χ0n) is 23.1. The van der Waals surface area contributed by atoms with Gasteiger partial charge in [-0.3, -0.25) is 4.57 Å². The van der Waals surface area contributed by atoms with Gasteiger partial charge in [-0.1, -0.05) is 72.1 Å². The maximum absolute atomic E-state index is 11.5. The third kappa shape index (κ3) is 6.37. The maximum atomic E-state index is 11.5. The number of anilines is 1. The summed E-state index contributed by atoms with van der Waals surface area (Å²) in [4.78, 5) is 1.46. The minimum Gasteiger partial charge on any atom is -0.493 e. The van der Waals surface area contributed by atoms with Crippen LogP contribution in [-0.4, -0.2) is 20.8 Å². The third-order valence-electron chi connectivity index (χ3n) is 7.88. The van der Waals surface area contributed by atoms with Gasteiger partial charge in [-0.05, 0) is 76.4 Å². The Bertz CT molecular complexity index is 1480. The lowest BCUT2D eigenvalue weighted by atomic mass is 9.94. The van der Waals surface area contributed by atoms with E-state index in [1.165, 1.54) is 53.7 Å². The second-order valence-electron chi connectivity index (χ2n) is 10.9. The first-order valence-electron chi connectivity index (χ1n) is 13.9. The number of azo groups is 1. The van der Waals surface area contributed by atoms with Crippen LogP contribution in [0.5, 0.6) is 5.88 Å². The van der Waals surface area contributed by atoms with Crippen molar-refractivity contribution >= 4 is 39.6 Å². The first kappa shape index (κ1) is 27.0. The van der Waals surface area contributed by atoms with E-state index in [1.807, 2.05) is 47.9 Å². The van der Waals surface area contributed by atoms with E-state index in [9.17, 15) is 5.11 Å².